The summed E-state index contributed by atoms with van der Waals surface area (Å²) in [4.78, 5) is 7.58. The Labute approximate surface area is 115 Å². The van der Waals surface area contributed by atoms with Crippen molar-refractivity contribution in [1.82, 2.24) is 9.97 Å². The van der Waals surface area contributed by atoms with Gasteiger partial charge in [0, 0.05) is 12.4 Å². The molecule has 0 saturated heterocycles. The summed E-state index contributed by atoms with van der Waals surface area (Å²) in [6.45, 7) is 1.73. The number of nitrogen functional groups attached to an aromatic ring is 1. The van der Waals surface area contributed by atoms with Gasteiger partial charge in [-0.2, -0.15) is 0 Å². The molecule has 2 aromatic heterocycles. The molecule has 0 bridgehead atoms. The number of aryl methyl sites for hydroxylation is 1. The van der Waals surface area contributed by atoms with Crippen LogP contribution in [0.1, 0.15) is 5.56 Å². The second-order valence-electron chi connectivity index (χ2n) is 3.82. The Balaban J connectivity index is 2.39. The van der Waals surface area contributed by atoms with Crippen LogP contribution in [0.3, 0.4) is 0 Å². The highest BCUT2D eigenvalue weighted by atomic mass is 35.5. The van der Waals surface area contributed by atoms with Crippen molar-refractivity contribution < 1.29 is 8.42 Å². The number of hydrogen-bond acceptors (Lipinski definition) is 5. The number of hydrogen-bond donors (Lipinski definition) is 2. The Kier molecular flexibility index (Phi) is 3.59. The molecule has 2 heterocycles. The van der Waals surface area contributed by atoms with Crippen molar-refractivity contribution in [2.75, 3.05) is 10.5 Å². The minimum Gasteiger partial charge on any atom is -0.384 e. The van der Waals surface area contributed by atoms with Gasteiger partial charge in [-0.25, -0.2) is 18.4 Å². The molecule has 6 nitrogen and oxygen atoms in total. The van der Waals surface area contributed by atoms with Gasteiger partial charge in [0.25, 0.3) is 10.0 Å². The fraction of sp³-hybridized carbons (Fsp3) is 0.0909. The number of anilines is 2. The van der Waals surface area contributed by atoms with Crippen molar-refractivity contribution in [3.8, 4) is 0 Å². The first kappa shape index (κ1) is 13.6. The smallest absolute Gasteiger partial charge is 0.263 e. The molecule has 3 N–H and O–H groups in total. The van der Waals surface area contributed by atoms with Gasteiger partial charge in [0.2, 0.25) is 0 Å². The van der Waals surface area contributed by atoms with E-state index >= 15 is 0 Å². The van der Waals surface area contributed by atoms with E-state index in [9.17, 15) is 8.42 Å². The lowest BCUT2D eigenvalue weighted by atomic mass is 10.3. The summed E-state index contributed by atoms with van der Waals surface area (Å²) in [6.07, 6.45) is 2.68. The number of nitrogens with zero attached hydrogens (tertiary/aromatic N) is 2. The van der Waals surface area contributed by atoms with Crippen LogP contribution < -0.4 is 10.5 Å². The molecule has 0 aliphatic heterocycles. The molecule has 2 rings (SSSR count). The van der Waals surface area contributed by atoms with Crippen LogP contribution in [-0.4, -0.2) is 18.4 Å². The first-order valence-corrected chi connectivity index (χ1v) is 7.12. The minimum absolute atomic E-state index is 0.000944. The van der Waals surface area contributed by atoms with E-state index in [2.05, 4.69) is 14.7 Å². The summed E-state index contributed by atoms with van der Waals surface area (Å²) in [5, 5.41) is 0.0898. The lowest BCUT2D eigenvalue weighted by Gasteiger charge is -2.11. The Morgan fingerprint density at radius 2 is 2.00 bits per heavy atom. The van der Waals surface area contributed by atoms with Gasteiger partial charge in [-0.1, -0.05) is 11.6 Å². The molecule has 0 aromatic carbocycles. The molecule has 0 saturated carbocycles. The van der Waals surface area contributed by atoms with Gasteiger partial charge in [0.15, 0.2) is 5.15 Å². The summed E-state index contributed by atoms with van der Waals surface area (Å²) in [6, 6.07) is 4.43. The summed E-state index contributed by atoms with van der Waals surface area (Å²) in [5.74, 6) is 0.245. The Morgan fingerprint density at radius 3 is 2.58 bits per heavy atom. The van der Waals surface area contributed by atoms with Crippen LogP contribution in [0, 0.1) is 6.92 Å². The van der Waals surface area contributed by atoms with Gasteiger partial charge >= 0.3 is 0 Å². The van der Waals surface area contributed by atoms with E-state index in [-0.39, 0.29) is 21.6 Å². The van der Waals surface area contributed by atoms with Crippen LogP contribution in [0.15, 0.2) is 35.5 Å². The van der Waals surface area contributed by atoms with E-state index in [1.807, 2.05) is 0 Å². The molecular formula is C11H11ClN4O2S. The third-order valence-electron chi connectivity index (χ3n) is 2.42. The molecule has 0 radical (unpaired) electrons. The predicted octanol–water partition coefficient (Wildman–Crippen LogP) is 1.82. The van der Waals surface area contributed by atoms with Gasteiger partial charge in [0.05, 0.1) is 5.69 Å². The fourth-order valence-corrected chi connectivity index (χ4v) is 2.78. The number of sulfonamides is 1. The van der Waals surface area contributed by atoms with Crippen molar-refractivity contribution in [1.29, 1.82) is 0 Å². The summed E-state index contributed by atoms with van der Waals surface area (Å²) in [5.41, 5.74) is 6.34. The largest absolute Gasteiger partial charge is 0.384 e. The second kappa shape index (κ2) is 5.02. The molecule has 0 aliphatic carbocycles. The first-order valence-electron chi connectivity index (χ1n) is 5.25. The van der Waals surface area contributed by atoms with Crippen LogP contribution in [0.5, 0.6) is 0 Å². The normalized spacial score (nSPS) is 11.3. The highest BCUT2D eigenvalue weighted by Crippen LogP contribution is 2.25. The van der Waals surface area contributed by atoms with Gasteiger partial charge in [-0.3, -0.25) is 4.72 Å². The van der Waals surface area contributed by atoms with E-state index in [4.69, 9.17) is 17.3 Å². The zero-order valence-electron chi connectivity index (χ0n) is 9.96. The molecule has 8 heteroatoms. The van der Waals surface area contributed by atoms with Crippen molar-refractivity contribution >= 4 is 33.1 Å². The van der Waals surface area contributed by atoms with Crippen molar-refractivity contribution in [3.63, 3.8) is 0 Å². The summed E-state index contributed by atoms with van der Waals surface area (Å²) >= 11 is 5.87. The summed E-state index contributed by atoms with van der Waals surface area (Å²) in [7, 11) is -3.77. The van der Waals surface area contributed by atoms with Crippen LogP contribution in [0.25, 0.3) is 0 Å². The topological polar surface area (TPSA) is 98.0 Å². The van der Waals surface area contributed by atoms with Gasteiger partial charge in [0.1, 0.15) is 10.7 Å². The maximum Gasteiger partial charge on any atom is 0.263 e. The second-order valence-corrected chi connectivity index (χ2v) is 5.86. The third kappa shape index (κ3) is 2.94. The zero-order chi connectivity index (χ0) is 14.0. The average molecular weight is 299 g/mol. The molecule has 0 atom stereocenters. The van der Waals surface area contributed by atoms with Crippen LogP contribution in [0.4, 0.5) is 11.5 Å². The predicted molar refractivity (Wildman–Crippen MR) is 73.4 cm³/mol. The molecule has 0 amide bonds. The molecule has 0 aliphatic rings. The molecule has 2 aromatic rings. The molecular weight excluding hydrogens is 288 g/mol. The summed E-state index contributed by atoms with van der Waals surface area (Å²) < 4.78 is 26.7. The average Bonchev–Trinajstić information content (AvgIpc) is 2.35. The van der Waals surface area contributed by atoms with Gasteiger partial charge in [-0.15, -0.1) is 0 Å². The standard InChI is InChI=1S/C11H11ClN4O2S/c1-7-4-5-14-11(12)10(7)16-19(17,18)8-2-3-9(13)15-6-8/h2-6,16H,1H3,(H2,13,15). The van der Waals surface area contributed by atoms with E-state index in [1.54, 1.807) is 13.0 Å². The molecule has 100 valence electrons. The van der Waals surface area contributed by atoms with E-state index < -0.39 is 10.0 Å². The highest BCUT2D eigenvalue weighted by molar-refractivity contribution is 7.92. The highest BCUT2D eigenvalue weighted by Gasteiger charge is 2.17. The van der Waals surface area contributed by atoms with Crippen molar-refractivity contribution in [2.24, 2.45) is 0 Å². The number of pyridine rings is 2. The van der Waals surface area contributed by atoms with Crippen LogP contribution in [-0.2, 0) is 10.0 Å². The van der Waals surface area contributed by atoms with Crippen molar-refractivity contribution in [2.45, 2.75) is 11.8 Å². The molecule has 19 heavy (non-hydrogen) atoms. The fourth-order valence-electron chi connectivity index (χ4n) is 1.39. The van der Waals surface area contributed by atoms with Gasteiger partial charge < -0.3 is 5.73 Å². The number of aromatic nitrogens is 2. The van der Waals surface area contributed by atoms with E-state index in [0.717, 1.165) is 0 Å². The maximum absolute atomic E-state index is 12.1. The minimum atomic E-state index is -3.77. The maximum atomic E-state index is 12.1. The Hall–Kier alpha value is -1.86. The Bertz CT molecular complexity index is 681. The SMILES string of the molecule is Cc1ccnc(Cl)c1NS(=O)(=O)c1ccc(N)nc1. The lowest BCUT2D eigenvalue weighted by Crippen LogP contribution is -2.14. The van der Waals surface area contributed by atoms with E-state index in [0.29, 0.717) is 5.56 Å². The monoisotopic (exact) mass is 298 g/mol. The first-order chi connectivity index (χ1) is 8.90. The number of halogens is 1. The van der Waals surface area contributed by atoms with E-state index in [1.165, 1.54) is 24.5 Å². The molecule has 0 fully saturated rings. The molecule has 0 spiro atoms. The zero-order valence-corrected chi connectivity index (χ0v) is 11.5. The number of nitrogens with one attached hydrogen (secondary N) is 1. The Morgan fingerprint density at radius 1 is 1.26 bits per heavy atom. The van der Waals surface area contributed by atoms with Crippen molar-refractivity contribution in [3.05, 3.63) is 41.3 Å². The van der Waals surface area contributed by atoms with Gasteiger partial charge in [-0.05, 0) is 30.7 Å². The number of rotatable bonds is 3. The quantitative estimate of drug-likeness (QED) is 0.842. The lowest BCUT2D eigenvalue weighted by molar-refractivity contribution is 0.601. The number of nitrogens with two attached hydrogens (primary N) is 1. The molecule has 0 unspecified atom stereocenters. The van der Waals surface area contributed by atoms with Crippen LogP contribution >= 0.6 is 11.6 Å². The van der Waals surface area contributed by atoms with Crippen LogP contribution in [0.2, 0.25) is 5.15 Å². The third-order valence-corrected chi connectivity index (χ3v) is 4.04.